The van der Waals surface area contributed by atoms with Crippen molar-refractivity contribution in [3.63, 3.8) is 0 Å². The highest BCUT2D eigenvalue weighted by Crippen LogP contribution is 2.24. The summed E-state index contributed by atoms with van der Waals surface area (Å²) in [7, 11) is 0. The Morgan fingerprint density at radius 1 is 0.933 bits per heavy atom. The number of carbonyl (C=O) groups excluding carboxylic acids is 2. The van der Waals surface area contributed by atoms with Crippen LogP contribution in [0.3, 0.4) is 0 Å². The van der Waals surface area contributed by atoms with Gasteiger partial charge in [-0.1, -0.05) is 30.3 Å². The van der Waals surface area contributed by atoms with Crippen molar-refractivity contribution in [3.05, 3.63) is 95.1 Å². The molecule has 3 aromatic rings. The van der Waals surface area contributed by atoms with Gasteiger partial charge in [0, 0.05) is 5.56 Å². The molecule has 0 saturated carbocycles. The number of nitrogens with zero attached hydrogens (tertiary/aromatic N) is 2. The molecule has 0 heterocycles. The summed E-state index contributed by atoms with van der Waals surface area (Å²) >= 11 is 0. The molecular weight excluding hydrogens is 382 g/mol. The maximum absolute atomic E-state index is 13.0. The molecule has 3 aromatic carbocycles. The molecule has 0 amide bonds. The maximum atomic E-state index is 13.0. The van der Waals surface area contributed by atoms with Gasteiger partial charge in [0.2, 0.25) is 0 Å². The van der Waals surface area contributed by atoms with Crippen LogP contribution in [0.2, 0.25) is 0 Å². The fourth-order valence-electron chi connectivity index (χ4n) is 2.68. The second-order valence-corrected chi connectivity index (χ2v) is 6.09. The molecule has 3 rings (SSSR count). The average molecular weight is 401 g/mol. The lowest BCUT2D eigenvalue weighted by Gasteiger charge is -2.11. The van der Waals surface area contributed by atoms with Gasteiger partial charge in [-0.3, -0.25) is 4.79 Å². The van der Waals surface area contributed by atoms with Crippen molar-refractivity contribution in [3.8, 4) is 5.75 Å². The van der Waals surface area contributed by atoms with Crippen LogP contribution in [-0.2, 0) is 0 Å². The van der Waals surface area contributed by atoms with Gasteiger partial charge in [-0.05, 0) is 48.0 Å². The number of hydrogen-bond donors (Lipinski definition) is 3. The number of hydrogen-bond acceptors (Lipinski definition) is 7. The van der Waals surface area contributed by atoms with E-state index in [0.717, 1.165) is 0 Å². The SMILES string of the molecule is NN=Cc1ccc(OC(=O)c2ccc(N=CNN)cc2)c(C(=O)c2ccccc2)c1. The smallest absolute Gasteiger partial charge is 0.343 e. The molecule has 30 heavy (non-hydrogen) atoms. The summed E-state index contributed by atoms with van der Waals surface area (Å²) in [5, 5.41) is 3.48. The van der Waals surface area contributed by atoms with Gasteiger partial charge in [0.25, 0.3) is 0 Å². The Labute approximate surface area is 172 Å². The highest BCUT2D eigenvalue weighted by Gasteiger charge is 2.18. The van der Waals surface area contributed by atoms with E-state index in [0.29, 0.717) is 22.4 Å². The van der Waals surface area contributed by atoms with E-state index in [-0.39, 0.29) is 17.1 Å². The molecule has 0 aliphatic carbocycles. The van der Waals surface area contributed by atoms with E-state index in [1.807, 2.05) is 6.07 Å². The highest BCUT2D eigenvalue weighted by molar-refractivity contribution is 6.12. The van der Waals surface area contributed by atoms with Crippen molar-refractivity contribution < 1.29 is 14.3 Å². The molecular formula is C22H19N5O3. The Morgan fingerprint density at radius 2 is 1.67 bits per heavy atom. The number of benzene rings is 3. The molecule has 0 bridgehead atoms. The van der Waals surface area contributed by atoms with Gasteiger partial charge < -0.3 is 16.0 Å². The lowest BCUT2D eigenvalue weighted by molar-refractivity contribution is 0.0733. The van der Waals surface area contributed by atoms with Gasteiger partial charge in [0.05, 0.1) is 23.0 Å². The first-order chi connectivity index (χ1) is 14.6. The van der Waals surface area contributed by atoms with E-state index >= 15 is 0 Å². The summed E-state index contributed by atoms with van der Waals surface area (Å²) in [5.74, 6) is 9.59. The lowest BCUT2D eigenvalue weighted by atomic mass is 10.0. The second kappa shape index (κ2) is 9.76. The van der Waals surface area contributed by atoms with E-state index in [1.165, 1.54) is 18.6 Å². The van der Waals surface area contributed by atoms with Gasteiger partial charge in [0.15, 0.2) is 5.78 Å². The van der Waals surface area contributed by atoms with Gasteiger partial charge >= 0.3 is 5.97 Å². The molecule has 0 spiro atoms. The average Bonchev–Trinajstić information content (AvgIpc) is 2.79. The molecule has 0 atom stereocenters. The molecule has 0 radical (unpaired) electrons. The van der Waals surface area contributed by atoms with Gasteiger partial charge in [-0.25, -0.2) is 15.6 Å². The van der Waals surface area contributed by atoms with Gasteiger partial charge in [0.1, 0.15) is 12.1 Å². The fraction of sp³-hybridized carbons (Fsp3) is 0. The molecule has 8 nitrogen and oxygen atoms in total. The van der Waals surface area contributed by atoms with Crippen LogP contribution >= 0.6 is 0 Å². The summed E-state index contributed by atoms with van der Waals surface area (Å²) in [6, 6.07) is 19.9. The van der Waals surface area contributed by atoms with Crippen LogP contribution < -0.4 is 21.8 Å². The molecule has 8 heteroatoms. The van der Waals surface area contributed by atoms with E-state index in [2.05, 4.69) is 15.5 Å². The number of nitrogens with two attached hydrogens (primary N) is 2. The van der Waals surface area contributed by atoms with Crippen LogP contribution in [0.25, 0.3) is 0 Å². The predicted octanol–water partition coefficient (Wildman–Crippen LogP) is 2.55. The highest BCUT2D eigenvalue weighted by atomic mass is 16.5. The van der Waals surface area contributed by atoms with Crippen LogP contribution in [0.4, 0.5) is 5.69 Å². The summed E-state index contributed by atoms with van der Waals surface area (Å²) < 4.78 is 5.52. The van der Waals surface area contributed by atoms with Crippen molar-refractivity contribution in [2.75, 3.05) is 0 Å². The zero-order valence-electron chi connectivity index (χ0n) is 15.9. The molecule has 0 aromatic heterocycles. The summed E-state index contributed by atoms with van der Waals surface area (Å²) in [6.07, 6.45) is 2.73. The number of aliphatic imine (C=N–C) groups is 1. The number of carbonyl (C=O) groups is 2. The first-order valence-corrected chi connectivity index (χ1v) is 8.90. The maximum Gasteiger partial charge on any atom is 0.343 e. The number of nitrogens with one attached hydrogen (secondary N) is 1. The zero-order chi connectivity index (χ0) is 21.3. The van der Waals surface area contributed by atoms with E-state index in [1.54, 1.807) is 60.7 Å². The number of ketones is 1. The second-order valence-electron chi connectivity index (χ2n) is 6.09. The zero-order valence-corrected chi connectivity index (χ0v) is 15.9. The lowest BCUT2D eigenvalue weighted by Crippen LogP contribution is -2.18. The third-order valence-electron chi connectivity index (χ3n) is 4.10. The largest absolute Gasteiger partial charge is 0.422 e. The van der Waals surface area contributed by atoms with Crippen molar-refractivity contribution >= 4 is 30.0 Å². The molecule has 5 N–H and O–H groups in total. The van der Waals surface area contributed by atoms with Crippen molar-refractivity contribution in [1.29, 1.82) is 0 Å². The number of rotatable bonds is 7. The van der Waals surface area contributed by atoms with Crippen molar-refractivity contribution in [1.82, 2.24) is 5.43 Å². The Morgan fingerprint density at radius 3 is 2.33 bits per heavy atom. The minimum Gasteiger partial charge on any atom is -0.422 e. The Bertz CT molecular complexity index is 1090. The van der Waals surface area contributed by atoms with E-state index in [4.69, 9.17) is 16.4 Å². The third-order valence-corrected chi connectivity index (χ3v) is 4.10. The molecule has 0 unspecified atom stereocenters. The topological polar surface area (TPSA) is 132 Å². The Kier molecular flexibility index (Phi) is 6.65. The number of esters is 1. The number of hydrazine groups is 1. The first-order valence-electron chi connectivity index (χ1n) is 8.90. The minimum absolute atomic E-state index is 0.137. The number of ether oxygens (including phenoxy) is 1. The predicted molar refractivity (Wildman–Crippen MR) is 115 cm³/mol. The summed E-state index contributed by atoms with van der Waals surface area (Å²) in [6.45, 7) is 0. The van der Waals surface area contributed by atoms with Crippen molar-refractivity contribution in [2.45, 2.75) is 0 Å². The van der Waals surface area contributed by atoms with Gasteiger partial charge in [-0.2, -0.15) is 5.10 Å². The van der Waals surface area contributed by atoms with Crippen molar-refractivity contribution in [2.24, 2.45) is 21.8 Å². The van der Waals surface area contributed by atoms with E-state index < -0.39 is 5.97 Å². The monoisotopic (exact) mass is 401 g/mol. The van der Waals surface area contributed by atoms with E-state index in [9.17, 15) is 9.59 Å². The van der Waals surface area contributed by atoms with Crippen LogP contribution in [-0.4, -0.2) is 24.3 Å². The number of hydrazone groups is 1. The molecule has 0 saturated heterocycles. The molecule has 0 aliphatic heterocycles. The third kappa shape index (κ3) is 4.94. The Balaban J connectivity index is 1.90. The minimum atomic E-state index is -0.607. The van der Waals surface area contributed by atoms with Crippen LogP contribution in [0.1, 0.15) is 31.8 Å². The first kappa shape index (κ1) is 20.4. The standard InChI is InChI=1S/C22H19N5O3/c23-26-13-15-6-11-20(19(12-15)21(28)16-4-2-1-3-5-16)30-22(29)17-7-9-18(10-8-17)25-14-27-24/h1-14H,23-24H2,(H,25,27). The fourth-order valence-corrected chi connectivity index (χ4v) is 2.68. The molecule has 150 valence electrons. The quantitative estimate of drug-likeness (QED) is 0.106. The van der Waals surface area contributed by atoms with Crippen LogP contribution in [0.15, 0.2) is 82.9 Å². The van der Waals surface area contributed by atoms with Gasteiger partial charge in [-0.15, -0.1) is 0 Å². The Hall–Kier alpha value is -4.30. The van der Waals surface area contributed by atoms with Crippen LogP contribution in [0.5, 0.6) is 5.75 Å². The van der Waals surface area contributed by atoms with Crippen LogP contribution in [0, 0.1) is 0 Å². The molecule has 0 aliphatic rings. The molecule has 0 fully saturated rings. The summed E-state index contributed by atoms with van der Waals surface area (Å²) in [4.78, 5) is 29.6. The summed E-state index contributed by atoms with van der Waals surface area (Å²) in [5.41, 5.74) is 4.50. The normalized spacial score (nSPS) is 11.0.